The lowest BCUT2D eigenvalue weighted by molar-refractivity contribution is -0.139. The summed E-state index contributed by atoms with van der Waals surface area (Å²) in [7, 11) is 1.34. The van der Waals surface area contributed by atoms with Gasteiger partial charge in [-0.2, -0.15) is 0 Å². The minimum atomic E-state index is -0.344. The van der Waals surface area contributed by atoms with Gasteiger partial charge in [-0.25, -0.2) is 9.37 Å². The largest absolute Gasteiger partial charge is 0.469 e. The number of carbonyl (C=O) groups is 1. The predicted octanol–water partition coefficient (Wildman–Crippen LogP) is 2.30. The normalized spacial score (nSPS) is 10.8. The number of benzene rings is 1. The molecule has 0 bridgehead atoms. The Labute approximate surface area is 104 Å². The summed E-state index contributed by atoms with van der Waals surface area (Å²) in [5, 5.41) is 0. The number of halogens is 1. The molecule has 0 fully saturated rings. The number of aryl methyl sites for hydroxylation is 1. The topological polar surface area (TPSA) is 44.1 Å². The quantitative estimate of drug-likeness (QED) is 0.782. The number of hydrogen-bond acceptors (Lipinski definition) is 3. The van der Waals surface area contributed by atoms with Crippen molar-refractivity contribution in [2.45, 2.75) is 26.3 Å². The molecule has 0 aliphatic rings. The fraction of sp³-hybridized carbons (Fsp3) is 0.385. The molecule has 0 unspecified atom stereocenters. The van der Waals surface area contributed by atoms with E-state index in [9.17, 15) is 9.18 Å². The highest BCUT2D eigenvalue weighted by atomic mass is 19.1. The van der Waals surface area contributed by atoms with Crippen LogP contribution in [0, 0.1) is 5.82 Å². The zero-order chi connectivity index (χ0) is 13.1. The van der Waals surface area contributed by atoms with Gasteiger partial charge in [-0.1, -0.05) is 6.92 Å². The molecule has 0 N–H and O–H groups in total. The van der Waals surface area contributed by atoms with Crippen molar-refractivity contribution in [3.05, 3.63) is 29.8 Å². The third kappa shape index (κ3) is 2.34. The van der Waals surface area contributed by atoms with E-state index in [-0.39, 0.29) is 18.2 Å². The number of nitrogens with zero attached hydrogens (tertiary/aromatic N) is 2. The summed E-state index contributed by atoms with van der Waals surface area (Å²) in [4.78, 5) is 15.7. The van der Waals surface area contributed by atoms with Crippen molar-refractivity contribution in [2.75, 3.05) is 7.11 Å². The second kappa shape index (κ2) is 5.16. The molecule has 0 radical (unpaired) electrons. The van der Waals surface area contributed by atoms with Crippen LogP contribution in [0.4, 0.5) is 4.39 Å². The van der Waals surface area contributed by atoms with Gasteiger partial charge in [0.1, 0.15) is 18.1 Å². The molecule has 0 saturated carbocycles. The fourth-order valence-corrected chi connectivity index (χ4v) is 1.96. The van der Waals surface area contributed by atoms with Crippen LogP contribution in [0.15, 0.2) is 18.2 Å². The minimum Gasteiger partial charge on any atom is -0.469 e. The van der Waals surface area contributed by atoms with Crippen molar-refractivity contribution in [2.24, 2.45) is 0 Å². The first-order valence-electron chi connectivity index (χ1n) is 5.87. The third-order valence-corrected chi connectivity index (χ3v) is 2.77. The lowest BCUT2D eigenvalue weighted by atomic mass is 10.3. The fourth-order valence-electron chi connectivity index (χ4n) is 1.96. The standard InChI is InChI=1S/C13H15FN2O2/c1-3-6-16-11-7-9(14)4-5-10(11)15-12(16)8-13(17)18-2/h4-5,7H,3,6,8H2,1-2H3. The van der Waals surface area contributed by atoms with Gasteiger partial charge in [0.05, 0.1) is 18.1 Å². The molecule has 96 valence electrons. The van der Waals surface area contributed by atoms with Crippen LogP contribution in [0.5, 0.6) is 0 Å². The molecule has 1 aromatic heterocycles. The van der Waals surface area contributed by atoms with Gasteiger partial charge in [0, 0.05) is 6.54 Å². The number of fused-ring (bicyclic) bond motifs is 1. The lowest BCUT2D eigenvalue weighted by Gasteiger charge is -2.06. The summed E-state index contributed by atoms with van der Waals surface area (Å²) >= 11 is 0. The van der Waals surface area contributed by atoms with E-state index in [0.29, 0.717) is 17.9 Å². The molecule has 2 aromatic rings. The van der Waals surface area contributed by atoms with Gasteiger partial charge in [-0.15, -0.1) is 0 Å². The summed E-state index contributed by atoms with van der Waals surface area (Å²) in [6.07, 6.45) is 0.989. The molecule has 0 atom stereocenters. The Morgan fingerprint density at radius 3 is 2.94 bits per heavy atom. The van der Waals surface area contributed by atoms with Crippen molar-refractivity contribution < 1.29 is 13.9 Å². The Morgan fingerprint density at radius 1 is 1.50 bits per heavy atom. The molecule has 18 heavy (non-hydrogen) atoms. The van der Waals surface area contributed by atoms with Gasteiger partial charge in [-0.05, 0) is 24.6 Å². The molecule has 0 spiro atoms. The minimum absolute atomic E-state index is 0.104. The third-order valence-electron chi connectivity index (χ3n) is 2.77. The number of methoxy groups -OCH3 is 1. The summed E-state index contributed by atoms with van der Waals surface area (Å²) in [5.41, 5.74) is 1.42. The van der Waals surface area contributed by atoms with Crippen LogP contribution in [0.3, 0.4) is 0 Å². The number of imidazole rings is 1. The molecular formula is C13H15FN2O2. The first-order valence-corrected chi connectivity index (χ1v) is 5.87. The average molecular weight is 250 g/mol. The van der Waals surface area contributed by atoms with Crippen LogP contribution in [0.2, 0.25) is 0 Å². The van der Waals surface area contributed by atoms with Crippen molar-refractivity contribution in [1.29, 1.82) is 0 Å². The van der Waals surface area contributed by atoms with E-state index in [4.69, 9.17) is 0 Å². The second-order valence-corrected chi connectivity index (χ2v) is 4.07. The Kier molecular flexibility index (Phi) is 3.60. The molecule has 0 amide bonds. The average Bonchev–Trinajstić information content (AvgIpc) is 2.68. The molecular weight excluding hydrogens is 235 g/mol. The molecule has 4 nitrogen and oxygen atoms in total. The molecule has 0 saturated heterocycles. The van der Waals surface area contributed by atoms with Gasteiger partial charge in [0.15, 0.2) is 0 Å². The number of carbonyl (C=O) groups excluding carboxylic acids is 1. The molecule has 2 rings (SSSR count). The maximum absolute atomic E-state index is 13.3. The van der Waals surface area contributed by atoms with Crippen LogP contribution in [0.1, 0.15) is 19.2 Å². The highest BCUT2D eigenvalue weighted by Crippen LogP contribution is 2.18. The first-order chi connectivity index (χ1) is 8.65. The number of rotatable bonds is 4. The number of hydrogen-bond donors (Lipinski definition) is 0. The second-order valence-electron chi connectivity index (χ2n) is 4.07. The van der Waals surface area contributed by atoms with E-state index in [1.165, 1.54) is 19.2 Å². The number of esters is 1. The summed E-state index contributed by atoms with van der Waals surface area (Å²) in [6, 6.07) is 4.43. The lowest BCUT2D eigenvalue weighted by Crippen LogP contribution is -2.11. The zero-order valence-electron chi connectivity index (χ0n) is 10.4. The highest BCUT2D eigenvalue weighted by molar-refractivity contribution is 5.78. The van der Waals surface area contributed by atoms with Gasteiger partial charge < -0.3 is 9.30 Å². The summed E-state index contributed by atoms with van der Waals surface area (Å²) < 4.78 is 19.8. The van der Waals surface area contributed by atoms with Crippen LogP contribution in [-0.4, -0.2) is 22.6 Å². The predicted molar refractivity (Wildman–Crippen MR) is 65.7 cm³/mol. The van der Waals surface area contributed by atoms with Crippen molar-refractivity contribution in [3.8, 4) is 0 Å². The number of aromatic nitrogens is 2. The molecule has 5 heteroatoms. The monoisotopic (exact) mass is 250 g/mol. The Hall–Kier alpha value is -1.91. The van der Waals surface area contributed by atoms with Gasteiger partial charge in [0.25, 0.3) is 0 Å². The van der Waals surface area contributed by atoms with E-state index >= 15 is 0 Å². The van der Waals surface area contributed by atoms with Crippen LogP contribution in [-0.2, 0) is 22.5 Å². The van der Waals surface area contributed by atoms with Gasteiger partial charge in [-0.3, -0.25) is 4.79 Å². The summed E-state index contributed by atoms with van der Waals surface area (Å²) in [5.74, 6) is -0.0307. The Bertz CT molecular complexity index is 578. The van der Waals surface area contributed by atoms with E-state index in [1.807, 2.05) is 11.5 Å². The van der Waals surface area contributed by atoms with E-state index < -0.39 is 0 Å². The highest BCUT2D eigenvalue weighted by Gasteiger charge is 2.14. The molecule has 1 heterocycles. The SMILES string of the molecule is CCCn1c(CC(=O)OC)nc2ccc(F)cc21. The first kappa shape index (κ1) is 12.5. The maximum Gasteiger partial charge on any atom is 0.313 e. The van der Waals surface area contributed by atoms with Crippen molar-refractivity contribution >= 4 is 17.0 Å². The Morgan fingerprint density at radius 2 is 2.28 bits per heavy atom. The maximum atomic E-state index is 13.3. The summed E-state index contributed by atoms with van der Waals surface area (Å²) in [6.45, 7) is 2.72. The smallest absolute Gasteiger partial charge is 0.313 e. The van der Waals surface area contributed by atoms with Crippen LogP contribution >= 0.6 is 0 Å². The van der Waals surface area contributed by atoms with Crippen LogP contribution < -0.4 is 0 Å². The zero-order valence-corrected chi connectivity index (χ0v) is 10.4. The van der Waals surface area contributed by atoms with Crippen molar-refractivity contribution in [3.63, 3.8) is 0 Å². The Balaban J connectivity index is 2.50. The van der Waals surface area contributed by atoms with Crippen molar-refractivity contribution in [1.82, 2.24) is 9.55 Å². The molecule has 0 aliphatic heterocycles. The van der Waals surface area contributed by atoms with Gasteiger partial charge in [0.2, 0.25) is 0 Å². The van der Waals surface area contributed by atoms with E-state index in [1.54, 1.807) is 6.07 Å². The molecule has 0 aliphatic carbocycles. The van der Waals surface area contributed by atoms with E-state index in [2.05, 4.69) is 9.72 Å². The molecule has 1 aromatic carbocycles. The van der Waals surface area contributed by atoms with E-state index in [0.717, 1.165) is 11.9 Å². The van der Waals surface area contributed by atoms with Gasteiger partial charge >= 0.3 is 5.97 Å². The number of ether oxygens (including phenoxy) is 1. The van der Waals surface area contributed by atoms with Crippen LogP contribution in [0.25, 0.3) is 11.0 Å².